The van der Waals surface area contributed by atoms with Crippen molar-refractivity contribution < 1.29 is 4.84 Å². The van der Waals surface area contributed by atoms with Crippen LogP contribution in [0.3, 0.4) is 0 Å². The Balaban J connectivity index is 2.78. The summed E-state index contributed by atoms with van der Waals surface area (Å²) in [4.78, 5) is 4.61. The summed E-state index contributed by atoms with van der Waals surface area (Å²) >= 11 is 0. The molecule has 0 heterocycles. The Kier molecular flexibility index (Phi) is 2.69. The molecule has 0 aromatic carbocycles. The van der Waals surface area contributed by atoms with Crippen molar-refractivity contribution in [1.82, 2.24) is 0 Å². The molecule has 0 amide bonds. The molecule has 2 nitrogen and oxygen atoms in total. The number of hydrogen-bond donors (Lipinski definition) is 0. The van der Waals surface area contributed by atoms with Gasteiger partial charge in [-0.25, -0.2) is 0 Å². The summed E-state index contributed by atoms with van der Waals surface area (Å²) in [6.45, 7) is 9.14. The molecule has 0 atom stereocenters. The lowest BCUT2D eigenvalue weighted by Crippen LogP contribution is -2.34. The largest absolute Gasteiger partial charge is 0.392 e. The lowest BCUT2D eigenvalue weighted by molar-refractivity contribution is 0.172. The molecule has 2 heteroatoms. The maximum atomic E-state index is 4.61. The predicted molar refractivity (Wildman–Crippen MR) is 55.3 cm³/mol. The third kappa shape index (κ3) is 3.02. The van der Waals surface area contributed by atoms with Crippen LogP contribution in [0.5, 0.6) is 0 Å². The highest BCUT2D eigenvalue weighted by molar-refractivity contribution is 5.86. The van der Waals surface area contributed by atoms with E-state index in [1.165, 1.54) is 6.42 Å². The van der Waals surface area contributed by atoms with E-state index in [1.54, 1.807) is 0 Å². The van der Waals surface area contributed by atoms with Gasteiger partial charge in [0.15, 0.2) is 7.11 Å². The minimum atomic E-state index is 0.346. The van der Waals surface area contributed by atoms with Crippen molar-refractivity contribution in [3.8, 4) is 0 Å². The molecule has 0 N–H and O–H groups in total. The quantitative estimate of drug-likeness (QED) is 0.570. The first-order chi connectivity index (χ1) is 5.85. The van der Waals surface area contributed by atoms with Crippen LogP contribution in [0, 0.1) is 17.9 Å². The van der Waals surface area contributed by atoms with E-state index in [9.17, 15) is 0 Å². The van der Waals surface area contributed by atoms with Crippen LogP contribution < -0.4 is 0 Å². The van der Waals surface area contributed by atoms with Crippen molar-refractivity contribution in [3.63, 3.8) is 0 Å². The predicted octanol–water partition coefficient (Wildman–Crippen LogP) is 3.39. The maximum Gasteiger partial charge on any atom is 0.153 e. The zero-order valence-electron chi connectivity index (χ0n) is 9.18. The van der Waals surface area contributed by atoms with Gasteiger partial charge < -0.3 is 4.84 Å². The highest BCUT2D eigenvalue weighted by Gasteiger charge is 2.36. The Bertz CT molecular complexity index is 198. The van der Waals surface area contributed by atoms with E-state index in [4.69, 9.17) is 0 Å². The summed E-state index contributed by atoms with van der Waals surface area (Å²) in [6, 6.07) is 0. The molecule has 0 bridgehead atoms. The van der Waals surface area contributed by atoms with Crippen LogP contribution in [-0.4, -0.2) is 5.71 Å². The summed E-state index contributed by atoms with van der Waals surface area (Å²) < 4.78 is 0. The monoisotopic (exact) mass is 182 g/mol. The Morgan fingerprint density at radius 1 is 1.15 bits per heavy atom. The third-order valence-corrected chi connectivity index (χ3v) is 2.52. The molecular weight excluding hydrogens is 162 g/mol. The smallest absolute Gasteiger partial charge is 0.153 e. The highest BCUT2D eigenvalue weighted by atomic mass is 16.6. The molecule has 13 heavy (non-hydrogen) atoms. The first-order valence-corrected chi connectivity index (χ1v) is 4.82. The molecule has 0 aromatic heterocycles. The van der Waals surface area contributed by atoms with Gasteiger partial charge in [0.25, 0.3) is 0 Å². The average molecular weight is 182 g/mol. The molecule has 1 aliphatic carbocycles. The van der Waals surface area contributed by atoms with E-state index in [1.807, 2.05) is 0 Å². The molecule has 1 aliphatic rings. The fourth-order valence-corrected chi connectivity index (χ4v) is 2.74. The van der Waals surface area contributed by atoms with E-state index in [0.29, 0.717) is 10.8 Å². The molecule has 1 radical (unpaired) electrons. The van der Waals surface area contributed by atoms with Crippen LogP contribution in [0.1, 0.15) is 47.0 Å². The maximum absolute atomic E-state index is 4.61. The summed E-state index contributed by atoms with van der Waals surface area (Å²) in [5, 5.41) is 3.98. The molecule has 0 aromatic rings. The Hall–Kier alpha value is -0.530. The Labute approximate surface area is 81.3 Å². The van der Waals surface area contributed by atoms with Crippen molar-refractivity contribution >= 4 is 5.71 Å². The molecule has 1 fully saturated rings. The van der Waals surface area contributed by atoms with E-state index in [0.717, 1.165) is 18.6 Å². The Morgan fingerprint density at radius 3 is 2.00 bits per heavy atom. The summed E-state index contributed by atoms with van der Waals surface area (Å²) in [6.07, 6.45) is 3.31. The second-order valence-corrected chi connectivity index (χ2v) is 5.65. The van der Waals surface area contributed by atoms with Crippen LogP contribution in [0.4, 0.5) is 0 Å². The zero-order chi connectivity index (χ0) is 10.1. The van der Waals surface area contributed by atoms with Gasteiger partial charge in [-0.1, -0.05) is 32.9 Å². The van der Waals surface area contributed by atoms with E-state index in [-0.39, 0.29) is 0 Å². The summed E-state index contributed by atoms with van der Waals surface area (Å²) in [7, 11) is 3.29. The number of oxime groups is 1. The SMILES string of the molecule is [CH2]ON=C1CC(C)(C)CC(C)(C)C1. The van der Waals surface area contributed by atoms with Gasteiger partial charge in [-0.3, -0.25) is 0 Å². The number of rotatable bonds is 1. The van der Waals surface area contributed by atoms with E-state index < -0.39 is 0 Å². The Morgan fingerprint density at radius 2 is 1.62 bits per heavy atom. The van der Waals surface area contributed by atoms with Crippen molar-refractivity contribution in [3.05, 3.63) is 7.11 Å². The molecule has 0 spiro atoms. The van der Waals surface area contributed by atoms with E-state index >= 15 is 0 Å². The normalized spacial score (nSPS) is 25.5. The zero-order valence-corrected chi connectivity index (χ0v) is 9.18. The van der Waals surface area contributed by atoms with Gasteiger partial charge >= 0.3 is 0 Å². The van der Waals surface area contributed by atoms with Crippen molar-refractivity contribution in [2.45, 2.75) is 47.0 Å². The number of hydrogen-bond acceptors (Lipinski definition) is 2. The molecule has 1 saturated carbocycles. The van der Waals surface area contributed by atoms with Gasteiger partial charge in [0.2, 0.25) is 0 Å². The van der Waals surface area contributed by atoms with Crippen LogP contribution >= 0.6 is 0 Å². The van der Waals surface area contributed by atoms with Gasteiger partial charge in [-0.15, -0.1) is 0 Å². The van der Waals surface area contributed by atoms with Crippen molar-refractivity contribution in [2.75, 3.05) is 0 Å². The van der Waals surface area contributed by atoms with Crippen LogP contribution in [0.25, 0.3) is 0 Å². The topological polar surface area (TPSA) is 21.6 Å². The van der Waals surface area contributed by atoms with Gasteiger partial charge in [-0.2, -0.15) is 0 Å². The van der Waals surface area contributed by atoms with Crippen LogP contribution in [0.15, 0.2) is 5.16 Å². The summed E-state index contributed by atoms with van der Waals surface area (Å²) in [5.41, 5.74) is 1.84. The van der Waals surface area contributed by atoms with Crippen molar-refractivity contribution in [1.29, 1.82) is 0 Å². The second-order valence-electron chi connectivity index (χ2n) is 5.65. The number of nitrogens with zero attached hydrogens (tertiary/aromatic N) is 1. The minimum absolute atomic E-state index is 0.346. The van der Waals surface area contributed by atoms with E-state index in [2.05, 4.69) is 44.8 Å². The lowest BCUT2D eigenvalue weighted by atomic mass is 9.65. The molecule has 0 saturated heterocycles. The van der Waals surface area contributed by atoms with Crippen LogP contribution in [-0.2, 0) is 4.84 Å². The van der Waals surface area contributed by atoms with Gasteiger partial charge in [0, 0.05) is 0 Å². The summed E-state index contributed by atoms with van der Waals surface area (Å²) in [5.74, 6) is 0. The molecular formula is C11H20NO. The standard InChI is InChI=1S/C11H20NO/c1-10(2)6-9(12-13-5)7-11(3,4)8-10/h5-8H2,1-4H3. The lowest BCUT2D eigenvalue weighted by Gasteiger charge is -2.40. The molecule has 0 unspecified atom stereocenters. The third-order valence-electron chi connectivity index (χ3n) is 2.52. The highest BCUT2D eigenvalue weighted by Crippen LogP contribution is 2.44. The molecule has 0 aliphatic heterocycles. The second kappa shape index (κ2) is 3.32. The van der Waals surface area contributed by atoms with Gasteiger partial charge in [0.1, 0.15) is 0 Å². The average Bonchev–Trinajstić information content (AvgIpc) is 1.78. The fourth-order valence-electron chi connectivity index (χ4n) is 2.74. The first kappa shape index (κ1) is 10.6. The minimum Gasteiger partial charge on any atom is -0.392 e. The van der Waals surface area contributed by atoms with Gasteiger partial charge in [-0.05, 0) is 30.1 Å². The van der Waals surface area contributed by atoms with Gasteiger partial charge in [0.05, 0.1) is 5.71 Å². The van der Waals surface area contributed by atoms with Crippen molar-refractivity contribution in [2.24, 2.45) is 16.0 Å². The molecule has 1 rings (SSSR count). The first-order valence-electron chi connectivity index (χ1n) is 4.82. The van der Waals surface area contributed by atoms with Crippen LogP contribution in [0.2, 0.25) is 0 Å². The molecule has 75 valence electrons. The fraction of sp³-hybridized carbons (Fsp3) is 0.818.